The lowest BCUT2D eigenvalue weighted by atomic mass is 9.94. The Kier molecular flexibility index (Phi) is 8.68. The maximum Gasteiger partial charge on any atom is 0.338 e. The molecule has 2 aromatic rings. The van der Waals surface area contributed by atoms with Gasteiger partial charge in [0, 0.05) is 55.0 Å². The summed E-state index contributed by atoms with van der Waals surface area (Å²) in [5.41, 5.74) is 1.54. The summed E-state index contributed by atoms with van der Waals surface area (Å²) in [6.45, 7) is 5.09. The minimum absolute atomic E-state index is 0.179. The molecule has 1 saturated heterocycles. The SMILES string of the molecule is CCOC(=O)C1=C(CN2CCN(S(=O)(=O)c3ccc(Cl)cc3)C(C)C2)N(C)C(=O)NC1c1ccc(Cl)cc1. The first-order valence-electron chi connectivity index (χ1n) is 12.2. The second kappa shape index (κ2) is 11.6. The number of halogens is 2. The Balaban J connectivity index is 1.62. The third-order valence-electron chi connectivity index (χ3n) is 6.72. The third kappa shape index (κ3) is 5.84. The Bertz CT molecular complexity index is 1330. The highest BCUT2D eigenvalue weighted by Gasteiger charge is 2.39. The molecule has 1 N–H and O–H groups in total. The van der Waals surface area contributed by atoms with Gasteiger partial charge in [0.2, 0.25) is 10.0 Å². The van der Waals surface area contributed by atoms with Crippen molar-refractivity contribution in [3.05, 3.63) is 75.4 Å². The van der Waals surface area contributed by atoms with Crippen LogP contribution in [0.5, 0.6) is 0 Å². The smallest absolute Gasteiger partial charge is 0.338 e. The lowest BCUT2D eigenvalue weighted by Crippen LogP contribution is -2.56. The number of nitrogens with one attached hydrogen (secondary N) is 1. The Labute approximate surface area is 233 Å². The van der Waals surface area contributed by atoms with Crippen molar-refractivity contribution in [1.82, 2.24) is 19.4 Å². The summed E-state index contributed by atoms with van der Waals surface area (Å²) in [6.07, 6.45) is 0. The first-order valence-corrected chi connectivity index (χ1v) is 14.4. The number of carbonyl (C=O) groups is 2. The van der Waals surface area contributed by atoms with Crippen molar-refractivity contribution in [2.75, 3.05) is 39.8 Å². The van der Waals surface area contributed by atoms with Gasteiger partial charge in [-0.3, -0.25) is 9.80 Å². The number of urea groups is 1. The number of carbonyl (C=O) groups excluding carboxylic acids is 2. The number of likely N-dealkylation sites (N-methyl/N-ethyl adjacent to an activating group) is 1. The fourth-order valence-corrected chi connectivity index (χ4v) is 6.64. The monoisotopic (exact) mass is 580 g/mol. The van der Waals surface area contributed by atoms with Crippen LogP contribution >= 0.6 is 23.2 Å². The molecule has 2 aliphatic heterocycles. The Morgan fingerprint density at radius 1 is 1.05 bits per heavy atom. The second-order valence-electron chi connectivity index (χ2n) is 9.23. The summed E-state index contributed by atoms with van der Waals surface area (Å²) in [7, 11) is -2.10. The topological polar surface area (TPSA) is 99.3 Å². The number of amides is 2. The molecular weight excluding hydrogens is 551 g/mol. The van der Waals surface area contributed by atoms with E-state index >= 15 is 0 Å². The molecule has 4 rings (SSSR count). The molecule has 1 fully saturated rings. The summed E-state index contributed by atoms with van der Waals surface area (Å²) >= 11 is 12.0. The van der Waals surface area contributed by atoms with Crippen LogP contribution in [0.15, 0.2) is 64.7 Å². The van der Waals surface area contributed by atoms with Crippen molar-refractivity contribution < 1.29 is 22.7 Å². The van der Waals surface area contributed by atoms with Crippen LogP contribution < -0.4 is 5.32 Å². The number of esters is 1. The van der Waals surface area contributed by atoms with Gasteiger partial charge in [-0.25, -0.2) is 18.0 Å². The zero-order valence-electron chi connectivity index (χ0n) is 21.4. The average Bonchev–Trinajstić information content (AvgIpc) is 2.87. The Hall–Kier alpha value is -2.63. The van der Waals surface area contributed by atoms with Gasteiger partial charge in [0.25, 0.3) is 0 Å². The van der Waals surface area contributed by atoms with Crippen LogP contribution in [-0.4, -0.2) is 80.4 Å². The van der Waals surface area contributed by atoms with Gasteiger partial charge >= 0.3 is 12.0 Å². The number of hydrogen-bond donors (Lipinski definition) is 1. The van der Waals surface area contributed by atoms with E-state index in [0.717, 1.165) is 0 Å². The number of piperazine rings is 1. The van der Waals surface area contributed by atoms with Gasteiger partial charge in [-0.2, -0.15) is 4.31 Å². The maximum atomic E-state index is 13.3. The summed E-state index contributed by atoms with van der Waals surface area (Å²) in [5.74, 6) is -0.522. The molecule has 0 bridgehead atoms. The van der Waals surface area contributed by atoms with E-state index in [4.69, 9.17) is 27.9 Å². The van der Waals surface area contributed by atoms with Crippen LogP contribution in [0.1, 0.15) is 25.5 Å². The van der Waals surface area contributed by atoms with E-state index in [1.807, 2.05) is 11.8 Å². The molecule has 0 aliphatic carbocycles. The van der Waals surface area contributed by atoms with Crippen LogP contribution in [0.3, 0.4) is 0 Å². The molecule has 0 aromatic heterocycles. The standard InChI is InChI=1S/C26H30Cl2N4O5S/c1-4-37-25(33)23-22(30(3)26(34)29-24(23)18-5-7-19(27)8-6-18)16-31-13-14-32(17(2)15-31)38(35,36)21-11-9-20(28)10-12-21/h5-12,17,24H,4,13-16H2,1-3H3,(H,29,34). The van der Waals surface area contributed by atoms with Crippen molar-refractivity contribution in [3.8, 4) is 0 Å². The maximum absolute atomic E-state index is 13.3. The number of hydrogen-bond acceptors (Lipinski definition) is 6. The molecule has 2 amide bonds. The fraction of sp³-hybridized carbons (Fsp3) is 0.385. The normalized spacial score (nSPS) is 21.4. The molecule has 2 aliphatic rings. The van der Waals surface area contributed by atoms with Crippen LogP contribution in [-0.2, 0) is 19.6 Å². The summed E-state index contributed by atoms with van der Waals surface area (Å²) in [4.78, 5) is 29.8. The zero-order valence-corrected chi connectivity index (χ0v) is 23.7. The number of ether oxygens (including phenoxy) is 1. The van der Waals surface area contributed by atoms with E-state index in [9.17, 15) is 18.0 Å². The second-order valence-corrected chi connectivity index (χ2v) is 12.0. The molecule has 204 valence electrons. The van der Waals surface area contributed by atoms with Crippen molar-refractivity contribution in [2.45, 2.75) is 30.8 Å². The van der Waals surface area contributed by atoms with E-state index in [1.54, 1.807) is 50.4 Å². The molecule has 2 aromatic carbocycles. The number of rotatable bonds is 7. The van der Waals surface area contributed by atoms with E-state index in [2.05, 4.69) is 5.32 Å². The molecule has 2 atom stereocenters. The van der Waals surface area contributed by atoms with Gasteiger partial charge in [-0.1, -0.05) is 35.3 Å². The Morgan fingerprint density at radius 3 is 2.24 bits per heavy atom. The van der Waals surface area contributed by atoms with Crippen molar-refractivity contribution in [2.24, 2.45) is 0 Å². The predicted molar refractivity (Wildman–Crippen MR) is 145 cm³/mol. The highest BCUT2D eigenvalue weighted by Crippen LogP contribution is 2.33. The highest BCUT2D eigenvalue weighted by atomic mass is 35.5. The molecule has 0 spiro atoms. The summed E-state index contributed by atoms with van der Waals surface area (Å²) < 4.78 is 33.4. The van der Waals surface area contributed by atoms with E-state index in [-0.39, 0.29) is 36.7 Å². The fourth-order valence-electron chi connectivity index (χ4n) is 4.77. The van der Waals surface area contributed by atoms with Crippen LogP contribution in [0.25, 0.3) is 0 Å². The molecule has 12 heteroatoms. The van der Waals surface area contributed by atoms with Gasteiger partial charge in [0.1, 0.15) is 0 Å². The number of nitrogens with zero attached hydrogens (tertiary/aromatic N) is 3. The van der Waals surface area contributed by atoms with Gasteiger partial charge in [0.15, 0.2) is 0 Å². The third-order valence-corrected chi connectivity index (χ3v) is 9.25. The predicted octanol–water partition coefficient (Wildman–Crippen LogP) is 3.90. The van der Waals surface area contributed by atoms with E-state index in [0.29, 0.717) is 40.0 Å². The number of benzene rings is 2. The van der Waals surface area contributed by atoms with Gasteiger partial charge in [0.05, 0.1) is 23.1 Å². The van der Waals surface area contributed by atoms with E-state index < -0.39 is 22.0 Å². The van der Waals surface area contributed by atoms with Crippen molar-refractivity contribution >= 4 is 45.2 Å². The first-order chi connectivity index (χ1) is 18.0. The first kappa shape index (κ1) is 28.4. The minimum Gasteiger partial charge on any atom is -0.463 e. The van der Waals surface area contributed by atoms with Crippen molar-refractivity contribution in [1.29, 1.82) is 0 Å². The Morgan fingerprint density at radius 2 is 1.66 bits per heavy atom. The average molecular weight is 582 g/mol. The molecular formula is C26H30Cl2N4O5S. The molecule has 9 nitrogen and oxygen atoms in total. The van der Waals surface area contributed by atoms with E-state index in [1.165, 1.54) is 21.3 Å². The lowest BCUT2D eigenvalue weighted by Gasteiger charge is -2.41. The quantitative estimate of drug-likeness (QED) is 0.498. The zero-order chi connectivity index (χ0) is 27.6. The largest absolute Gasteiger partial charge is 0.463 e. The van der Waals surface area contributed by atoms with Gasteiger partial charge in [-0.15, -0.1) is 0 Å². The van der Waals surface area contributed by atoms with Gasteiger partial charge in [-0.05, 0) is 55.8 Å². The molecule has 38 heavy (non-hydrogen) atoms. The molecule has 2 unspecified atom stereocenters. The van der Waals surface area contributed by atoms with Crippen LogP contribution in [0.2, 0.25) is 10.0 Å². The highest BCUT2D eigenvalue weighted by molar-refractivity contribution is 7.89. The van der Waals surface area contributed by atoms with Crippen molar-refractivity contribution in [3.63, 3.8) is 0 Å². The van der Waals surface area contributed by atoms with Crippen LogP contribution in [0.4, 0.5) is 4.79 Å². The number of sulfonamides is 1. The lowest BCUT2D eigenvalue weighted by molar-refractivity contribution is -0.139. The van der Waals surface area contributed by atoms with Crippen LogP contribution in [0, 0.1) is 0 Å². The summed E-state index contributed by atoms with van der Waals surface area (Å²) in [6, 6.07) is 11.6. The summed E-state index contributed by atoms with van der Waals surface area (Å²) in [5, 5.41) is 3.89. The molecule has 0 radical (unpaired) electrons. The van der Waals surface area contributed by atoms with Gasteiger partial charge < -0.3 is 10.1 Å². The molecule has 0 saturated carbocycles. The minimum atomic E-state index is -3.71. The molecule has 2 heterocycles.